The van der Waals surface area contributed by atoms with Crippen LogP contribution in [0.15, 0.2) is 48.5 Å². The molecule has 0 N–H and O–H groups in total. The lowest BCUT2D eigenvalue weighted by Gasteiger charge is -2.25. The lowest BCUT2D eigenvalue weighted by molar-refractivity contribution is -0.143. The Hall–Kier alpha value is -3.97. The van der Waals surface area contributed by atoms with Crippen LogP contribution in [0.5, 0.6) is 5.75 Å². The predicted octanol–water partition coefficient (Wildman–Crippen LogP) is 9.76. The van der Waals surface area contributed by atoms with Crippen LogP contribution in [0.25, 0.3) is 11.1 Å². The summed E-state index contributed by atoms with van der Waals surface area (Å²) in [4.78, 5) is 13.3. The second-order valence-electron chi connectivity index (χ2n) is 9.40. The van der Waals surface area contributed by atoms with Gasteiger partial charge in [0.05, 0.1) is 43.1 Å². The average molecular weight is 650 g/mol. The van der Waals surface area contributed by atoms with Crippen LogP contribution in [0, 0.1) is 5.82 Å². The third kappa shape index (κ3) is 6.43. The zero-order valence-corrected chi connectivity index (χ0v) is 21.7. The summed E-state index contributed by atoms with van der Waals surface area (Å²) in [5, 5.41) is 0. The molecule has 0 bridgehead atoms. The van der Waals surface area contributed by atoms with Gasteiger partial charge in [0.2, 0.25) is 0 Å². The Kier molecular flexibility index (Phi) is 5.27. The van der Waals surface area contributed by atoms with Crippen LogP contribution in [-0.2, 0) is 29.8 Å². The van der Waals surface area contributed by atoms with E-state index in [1.54, 1.807) is 0 Å². The monoisotopic (exact) mass is 649 g/mol. The summed E-state index contributed by atoms with van der Waals surface area (Å²) in [5.41, 5.74) is -12.3. The van der Waals surface area contributed by atoms with Gasteiger partial charge in [-0.3, -0.25) is 4.90 Å². The minimum atomic E-state index is -5.41. The van der Waals surface area contributed by atoms with E-state index in [4.69, 9.17) is 25.9 Å². The van der Waals surface area contributed by atoms with Crippen LogP contribution in [0.1, 0.15) is 82.5 Å². The van der Waals surface area contributed by atoms with E-state index >= 15 is 4.39 Å². The molecule has 238 valence electrons. The van der Waals surface area contributed by atoms with Crippen LogP contribution in [0.4, 0.5) is 48.7 Å². The van der Waals surface area contributed by atoms with E-state index in [1.807, 2.05) is 0 Å². The van der Waals surface area contributed by atoms with Crippen molar-refractivity contribution in [3.63, 3.8) is 0 Å². The van der Waals surface area contributed by atoms with Gasteiger partial charge in [-0.15, -0.1) is 0 Å². The molecule has 0 radical (unpaired) electrons. The summed E-state index contributed by atoms with van der Waals surface area (Å²) in [6, 6.07) is -0.827. The topological polar surface area (TPSA) is 38.8 Å². The van der Waals surface area contributed by atoms with Crippen molar-refractivity contribution in [3.05, 3.63) is 87.7 Å². The van der Waals surface area contributed by atoms with Gasteiger partial charge >= 0.3 is 24.6 Å². The van der Waals surface area contributed by atoms with Gasteiger partial charge in [0.25, 0.3) is 0 Å². The zero-order chi connectivity index (χ0) is 43.2. The number of hydrogen-bond donors (Lipinski definition) is 0. The SMILES string of the molecule is [2H]C([2H])([2H])Oc1ccc(F)c(C([2H])(C([2H])([2H])[2H])C([2H])([2H])[2H])c1-c1ccc(C(F)(F)F)cc1C([2H])([2H])N1C(=O)O[C@H](c2cc(C(F)(F)F)cc(C(F)(F)F)c2)[C@@H]1C. The summed E-state index contributed by atoms with van der Waals surface area (Å²) in [6.45, 7) is -11.1. The molecule has 0 aromatic heterocycles. The minimum absolute atomic E-state index is 0.0429. The largest absolute Gasteiger partial charge is 0.496 e. The lowest BCUT2D eigenvalue weighted by atomic mass is 9.88. The van der Waals surface area contributed by atoms with Crippen LogP contribution in [0.2, 0.25) is 0 Å². The van der Waals surface area contributed by atoms with Crippen molar-refractivity contribution in [2.24, 2.45) is 0 Å². The lowest BCUT2D eigenvalue weighted by Crippen LogP contribution is -2.32. The fraction of sp³-hybridized carbons (Fsp3) is 0.367. The molecule has 0 spiro atoms. The molecule has 3 aromatic carbocycles. The molecular formula is C30H25F10NO3. The first-order valence-electron chi connectivity index (χ1n) is 18.0. The summed E-state index contributed by atoms with van der Waals surface area (Å²) in [7, 11) is -3.58. The highest BCUT2D eigenvalue weighted by atomic mass is 19.4. The molecule has 1 heterocycles. The second-order valence-corrected chi connectivity index (χ2v) is 9.40. The van der Waals surface area contributed by atoms with Crippen molar-refractivity contribution in [1.82, 2.24) is 4.90 Å². The van der Waals surface area contributed by atoms with Crippen LogP contribution >= 0.6 is 0 Å². The number of benzene rings is 3. The Morgan fingerprint density at radius 1 is 0.932 bits per heavy atom. The third-order valence-electron chi connectivity index (χ3n) is 6.54. The predicted molar refractivity (Wildman–Crippen MR) is 138 cm³/mol. The molecule has 0 aliphatic carbocycles. The first-order chi connectivity index (χ1) is 24.9. The highest BCUT2D eigenvalue weighted by Gasteiger charge is 2.44. The molecule has 1 aliphatic heterocycles. The maximum atomic E-state index is 16.0. The highest BCUT2D eigenvalue weighted by molar-refractivity contribution is 5.79. The molecule has 1 amide bonds. The summed E-state index contributed by atoms with van der Waals surface area (Å²) in [5.74, 6) is -7.22. The van der Waals surface area contributed by atoms with Gasteiger partial charge in [0, 0.05) is 20.7 Å². The molecule has 0 saturated carbocycles. The average Bonchev–Trinajstić information content (AvgIpc) is 3.31. The molecule has 1 saturated heterocycles. The van der Waals surface area contributed by atoms with Crippen molar-refractivity contribution in [3.8, 4) is 16.9 Å². The summed E-state index contributed by atoms with van der Waals surface area (Å²) in [6.07, 6.45) is -20.3. The Balaban J connectivity index is 2.11. The van der Waals surface area contributed by atoms with E-state index in [1.165, 1.54) is 0 Å². The standard InChI is InChI=1S/C30H25F10NO3/c1-14(2)24-22(31)7-8-23(43-4)25(24)21-6-5-18(28(32,33)34)11-17(21)13-41-15(3)26(44-27(41)42)16-9-19(29(35,36)37)12-20(10-16)30(38,39)40/h5-12,14-15,26H,13H2,1-4H3/t15-,26-/m0/s1/i1D3,2D3,4D3,13D2,14D. The molecule has 0 unspecified atom stereocenters. The number of methoxy groups -OCH3 is 1. The fourth-order valence-corrected chi connectivity index (χ4v) is 4.52. The van der Waals surface area contributed by atoms with Crippen molar-refractivity contribution in [2.45, 2.75) is 63.7 Å². The molecule has 44 heavy (non-hydrogen) atoms. The Labute approximate surface area is 262 Å². The number of nitrogens with zero attached hydrogens (tertiary/aromatic N) is 1. The summed E-state index contributed by atoms with van der Waals surface area (Å²) < 4.78 is 247. The number of amides is 1. The number of alkyl halides is 9. The molecule has 2 atom stereocenters. The number of halogens is 10. The van der Waals surface area contributed by atoms with Gasteiger partial charge < -0.3 is 9.47 Å². The van der Waals surface area contributed by atoms with Gasteiger partial charge in [-0.1, -0.05) is 19.8 Å². The molecule has 14 heteroatoms. The van der Waals surface area contributed by atoms with Crippen molar-refractivity contribution in [1.29, 1.82) is 0 Å². The molecule has 3 aromatic rings. The van der Waals surface area contributed by atoms with Crippen molar-refractivity contribution in [2.75, 3.05) is 7.04 Å². The normalized spacial score (nSPS) is 23.2. The number of hydrogen-bond acceptors (Lipinski definition) is 3. The minimum Gasteiger partial charge on any atom is -0.496 e. The molecule has 4 rings (SSSR count). The Morgan fingerprint density at radius 3 is 2.09 bits per heavy atom. The number of ether oxygens (including phenoxy) is 2. The van der Waals surface area contributed by atoms with Gasteiger partial charge in [-0.2, -0.15) is 39.5 Å². The van der Waals surface area contributed by atoms with E-state index < -0.39 is 126 Å². The smallest absolute Gasteiger partial charge is 0.416 e. The molecule has 4 nitrogen and oxygen atoms in total. The molecule has 1 aliphatic rings. The Morgan fingerprint density at radius 2 is 1.55 bits per heavy atom. The maximum Gasteiger partial charge on any atom is 0.416 e. The quantitative estimate of drug-likeness (QED) is 0.250. The van der Waals surface area contributed by atoms with E-state index in [2.05, 4.69) is 0 Å². The summed E-state index contributed by atoms with van der Waals surface area (Å²) >= 11 is 0. The Bertz CT molecular complexity index is 1960. The number of cyclic esters (lactones) is 1. The van der Waals surface area contributed by atoms with Crippen LogP contribution < -0.4 is 4.74 Å². The van der Waals surface area contributed by atoms with Crippen molar-refractivity contribution < 1.29 is 74.6 Å². The zero-order valence-electron chi connectivity index (χ0n) is 33.7. The van der Waals surface area contributed by atoms with Gasteiger partial charge in [0.1, 0.15) is 17.7 Å². The maximum absolute atomic E-state index is 16.0. The van der Waals surface area contributed by atoms with Crippen LogP contribution in [0.3, 0.4) is 0 Å². The molecular weight excluding hydrogens is 612 g/mol. The highest BCUT2D eigenvalue weighted by Crippen LogP contribution is 2.45. The second kappa shape index (κ2) is 11.5. The van der Waals surface area contributed by atoms with E-state index in [9.17, 15) is 44.3 Å². The van der Waals surface area contributed by atoms with Crippen LogP contribution in [-0.4, -0.2) is 24.1 Å². The first-order valence-corrected chi connectivity index (χ1v) is 12.0. The van der Waals surface area contributed by atoms with E-state index in [0.29, 0.717) is 12.1 Å². The van der Waals surface area contributed by atoms with Gasteiger partial charge in [-0.25, -0.2) is 9.18 Å². The fourth-order valence-electron chi connectivity index (χ4n) is 4.52. The third-order valence-corrected chi connectivity index (χ3v) is 6.54. The number of rotatable bonds is 6. The first kappa shape index (κ1) is 20.1. The van der Waals surface area contributed by atoms with Gasteiger partial charge in [0.15, 0.2) is 0 Å². The number of carbonyl (C=O) groups excluding carboxylic acids is 1. The number of carbonyl (C=O) groups is 1. The van der Waals surface area contributed by atoms with E-state index in [-0.39, 0.29) is 41.3 Å². The molecule has 1 fully saturated rings. The van der Waals surface area contributed by atoms with E-state index in [0.717, 1.165) is 6.92 Å². The van der Waals surface area contributed by atoms with Gasteiger partial charge in [-0.05, 0) is 72.0 Å². The van der Waals surface area contributed by atoms with Crippen molar-refractivity contribution >= 4 is 6.09 Å².